The van der Waals surface area contributed by atoms with Crippen LogP contribution in [0.25, 0.3) is 0 Å². The second-order valence-corrected chi connectivity index (χ2v) is 7.48. The minimum absolute atomic E-state index is 0.0670. The van der Waals surface area contributed by atoms with Crippen LogP contribution in [0.5, 0.6) is 0 Å². The fraction of sp³-hybridized carbons (Fsp3) is 0.632. The smallest absolute Gasteiger partial charge is 0.317 e. The second-order valence-electron chi connectivity index (χ2n) is 7.48. The number of pyridine rings is 1. The van der Waals surface area contributed by atoms with Gasteiger partial charge < -0.3 is 20.9 Å². The van der Waals surface area contributed by atoms with E-state index in [-0.39, 0.29) is 18.0 Å². The summed E-state index contributed by atoms with van der Waals surface area (Å²) in [7, 11) is 1.65. The molecule has 2 aliphatic rings. The summed E-state index contributed by atoms with van der Waals surface area (Å²) in [6, 6.07) is 1.96. The molecule has 1 aromatic rings. The number of carbonyl (C=O) groups excluding carboxylic acids is 2. The van der Waals surface area contributed by atoms with Gasteiger partial charge in [-0.15, -0.1) is 0 Å². The second kappa shape index (κ2) is 7.93. The highest BCUT2D eigenvalue weighted by atomic mass is 16.2. The van der Waals surface area contributed by atoms with E-state index < -0.39 is 0 Å². The lowest BCUT2D eigenvalue weighted by atomic mass is 10.0. The number of nitrogens with one attached hydrogen (secondary N) is 3. The van der Waals surface area contributed by atoms with Gasteiger partial charge in [-0.2, -0.15) is 0 Å². The number of fused-ring (bicyclic) bond motifs is 1. The fourth-order valence-electron chi connectivity index (χ4n) is 3.21. The Labute approximate surface area is 154 Å². The van der Waals surface area contributed by atoms with Crippen LogP contribution in [0.1, 0.15) is 48.3 Å². The van der Waals surface area contributed by atoms with Crippen molar-refractivity contribution in [3.05, 3.63) is 22.9 Å². The van der Waals surface area contributed by atoms with E-state index in [0.717, 1.165) is 17.8 Å². The highest BCUT2D eigenvalue weighted by molar-refractivity contribution is 5.99. The summed E-state index contributed by atoms with van der Waals surface area (Å²) >= 11 is 0. The Kier molecular flexibility index (Phi) is 5.64. The Hall–Kier alpha value is -2.31. The maximum atomic E-state index is 12.7. The predicted molar refractivity (Wildman–Crippen MR) is 101 cm³/mol. The average Bonchev–Trinajstić information content (AvgIpc) is 3.44. The van der Waals surface area contributed by atoms with Gasteiger partial charge >= 0.3 is 6.03 Å². The minimum atomic E-state index is -0.0963. The number of anilines is 1. The van der Waals surface area contributed by atoms with Gasteiger partial charge in [0.05, 0.1) is 5.56 Å². The molecule has 3 rings (SSSR count). The van der Waals surface area contributed by atoms with Crippen LogP contribution in [0, 0.1) is 5.92 Å². The first-order valence-electron chi connectivity index (χ1n) is 9.52. The molecule has 7 nitrogen and oxygen atoms in total. The molecule has 26 heavy (non-hydrogen) atoms. The number of carbonyl (C=O) groups is 2. The molecule has 0 saturated heterocycles. The summed E-state index contributed by atoms with van der Waals surface area (Å²) in [5, 5.41) is 9.03. The molecule has 7 heteroatoms. The van der Waals surface area contributed by atoms with Crippen molar-refractivity contribution in [3.8, 4) is 0 Å². The van der Waals surface area contributed by atoms with E-state index in [1.54, 1.807) is 11.9 Å². The number of amides is 3. The van der Waals surface area contributed by atoms with Crippen LogP contribution in [0.4, 0.5) is 10.6 Å². The maximum Gasteiger partial charge on any atom is 0.317 e. The van der Waals surface area contributed by atoms with Crippen molar-refractivity contribution in [2.75, 3.05) is 32.0 Å². The summed E-state index contributed by atoms with van der Waals surface area (Å²) in [6.45, 7) is 6.03. The third kappa shape index (κ3) is 4.45. The molecule has 3 N–H and O–H groups in total. The monoisotopic (exact) mass is 359 g/mol. The number of hydrogen-bond donors (Lipinski definition) is 3. The SMILES string of the molecule is CNC(=O)N1CCc2cc(C(=O)NC(C)C)c(NCC3CC3)nc2CC1. The van der Waals surface area contributed by atoms with Gasteiger partial charge in [-0.1, -0.05) is 0 Å². The predicted octanol–water partition coefficient (Wildman–Crippen LogP) is 1.78. The van der Waals surface area contributed by atoms with Crippen molar-refractivity contribution in [2.24, 2.45) is 5.92 Å². The van der Waals surface area contributed by atoms with Crippen LogP contribution in [0.3, 0.4) is 0 Å². The van der Waals surface area contributed by atoms with Crippen molar-refractivity contribution < 1.29 is 9.59 Å². The van der Waals surface area contributed by atoms with Crippen molar-refractivity contribution in [1.82, 2.24) is 20.5 Å². The number of hydrogen-bond acceptors (Lipinski definition) is 4. The average molecular weight is 359 g/mol. The lowest BCUT2D eigenvalue weighted by molar-refractivity contribution is 0.0943. The highest BCUT2D eigenvalue weighted by Gasteiger charge is 2.25. The zero-order chi connectivity index (χ0) is 18.7. The fourth-order valence-corrected chi connectivity index (χ4v) is 3.21. The van der Waals surface area contributed by atoms with Crippen LogP contribution in [-0.2, 0) is 12.8 Å². The number of urea groups is 1. The van der Waals surface area contributed by atoms with Gasteiger partial charge in [-0.3, -0.25) is 4.79 Å². The summed E-state index contributed by atoms with van der Waals surface area (Å²) < 4.78 is 0. The molecule has 1 aliphatic carbocycles. The Balaban J connectivity index is 1.85. The minimum Gasteiger partial charge on any atom is -0.369 e. The molecule has 0 spiro atoms. The quantitative estimate of drug-likeness (QED) is 0.748. The van der Waals surface area contributed by atoms with Crippen LogP contribution < -0.4 is 16.0 Å². The topological polar surface area (TPSA) is 86.4 Å². The molecule has 0 unspecified atom stereocenters. The largest absolute Gasteiger partial charge is 0.369 e. The van der Waals surface area contributed by atoms with Crippen molar-refractivity contribution in [1.29, 1.82) is 0 Å². The van der Waals surface area contributed by atoms with E-state index >= 15 is 0 Å². The summed E-state index contributed by atoms with van der Waals surface area (Å²) in [6.07, 6.45) is 3.90. The van der Waals surface area contributed by atoms with Crippen molar-refractivity contribution in [2.45, 2.75) is 45.6 Å². The Morgan fingerprint density at radius 3 is 2.65 bits per heavy atom. The molecular weight excluding hydrogens is 330 g/mol. The number of aromatic nitrogens is 1. The maximum absolute atomic E-state index is 12.7. The molecule has 142 valence electrons. The Morgan fingerprint density at radius 1 is 1.27 bits per heavy atom. The van der Waals surface area contributed by atoms with Gasteiger partial charge in [0.25, 0.3) is 5.91 Å². The van der Waals surface area contributed by atoms with Gasteiger partial charge in [0.2, 0.25) is 0 Å². The van der Waals surface area contributed by atoms with Crippen LogP contribution in [0.2, 0.25) is 0 Å². The van der Waals surface area contributed by atoms with Crippen LogP contribution >= 0.6 is 0 Å². The third-order valence-electron chi connectivity index (χ3n) is 4.88. The lowest BCUT2D eigenvalue weighted by Crippen LogP contribution is -2.39. The molecule has 3 amide bonds. The zero-order valence-electron chi connectivity index (χ0n) is 15.9. The molecule has 1 aromatic heterocycles. The number of nitrogens with zero attached hydrogens (tertiary/aromatic N) is 2. The molecule has 1 fully saturated rings. The van der Waals surface area contributed by atoms with Gasteiger partial charge in [0, 0.05) is 44.8 Å². The molecular formula is C19H29N5O2. The standard InChI is InChI=1S/C19H29N5O2/c1-12(2)22-18(25)15-10-14-6-8-24(19(26)20-3)9-7-16(14)23-17(15)21-11-13-4-5-13/h10,12-13H,4-9,11H2,1-3H3,(H,20,26)(H,21,23)(H,22,25). The molecule has 0 atom stereocenters. The Bertz CT molecular complexity index is 685. The van der Waals surface area contributed by atoms with Gasteiger partial charge in [-0.25, -0.2) is 9.78 Å². The van der Waals surface area contributed by atoms with Crippen molar-refractivity contribution in [3.63, 3.8) is 0 Å². The van der Waals surface area contributed by atoms with E-state index in [1.807, 2.05) is 19.9 Å². The molecule has 0 radical (unpaired) electrons. The summed E-state index contributed by atoms with van der Waals surface area (Å²) in [4.78, 5) is 31.2. The first kappa shape index (κ1) is 18.5. The van der Waals surface area contributed by atoms with E-state index in [1.165, 1.54) is 12.8 Å². The number of rotatable bonds is 5. The molecule has 0 aromatic carbocycles. The van der Waals surface area contributed by atoms with E-state index in [9.17, 15) is 9.59 Å². The van der Waals surface area contributed by atoms with E-state index in [4.69, 9.17) is 4.98 Å². The van der Waals surface area contributed by atoms with Gasteiger partial charge in [-0.05, 0) is 50.7 Å². The molecule has 1 saturated carbocycles. The Morgan fingerprint density at radius 2 is 2.00 bits per heavy atom. The van der Waals surface area contributed by atoms with E-state index in [2.05, 4.69) is 16.0 Å². The normalized spacial score (nSPS) is 16.7. The lowest BCUT2D eigenvalue weighted by Gasteiger charge is -2.18. The zero-order valence-corrected chi connectivity index (χ0v) is 15.9. The first-order valence-corrected chi connectivity index (χ1v) is 9.52. The highest BCUT2D eigenvalue weighted by Crippen LogP contribution is 2.30. The first-order chi connectivity index (χ1) is 12.5. The van der Waals surface area contributed by atoms with Crippen LogP contribution in [-0.4, -0.2) is 54.5 Å². The van der Waals surface area contributed by atoms with Crippen LogP contribution in [0.15, 0.2) is 6.07 Å². The summed E-state index contributed by atoms with van der Waals surface area (Å²) in [5.41, 5.74) is 2.64. The summed E-state index contributed by atoms with van der Waals surface area (Å²) in [5.74, 6) is 1.27. The molecule has 1 aliphatic heterocycles. The van der Waals surface area contributed by atoms with Gasteiger partial charge in [0.15, 0.2) is 0 Å². The van der Waals surface area contributed by atoms with E-state index in [0.29, 0.717) is 43.2 Å². The molecule has 2 heterocycles. The third-order valence-corrected chi connectivity index (χ3v) is 4.88. The van der Waals surface area contributed by atoms with Crippen molar-refractivity contribution >= 4 is 17.8 Å². The molecule has 0 bridgehead atoms. The van der Waals surface area contributed by atoms with Gasteiger partial charge in [0.1, 0.15) is 5.82 Å².